The van der Waals surface area contributed by atoms with E-state index in [0.717, 1.165) is 30.0 Å². The van der Waals surface area contributed by atoms with Crippen LogP contribution in [0.2, 0.25) is 5.02 Å². The molecule has 0 aliphatic carbocycles. The summed E-state index contributed by atoms with van der Waals surface area (Å²) in [7, 11) is 0. The normalized spacial score (nSPS) is 14.2. The molecule has 1 aliphatic heterocycles. The van der Waals surface area contributed by atoms with Gasteiger partial charge in [0.25, 0.3) is 0 Å². The van der Waals surface area contributed by atoms with Crippen LogP contribution in [-0.2, 0) is 11.2 Å². The van der Waals surface area contributed by atoms with E-state index in [1.54, 1.807) is 6.07 Å². The van der Waals surface area contributed by atoms with Crippen LogP contribution in [0.3, 0.4) is 0 Å². The van der Waals surface area contributed by atoms with Crippen molar-refractivity contribution in [2.45, 2.75) is 32.7 Å². The Hall–Kier alpha value is -1.26. The number of hydrogen-bond donors (Lipinski definition) is 3. The number of rotatable bonds is 4. The summed E-state index contributed by atoms with van der Waals surface area (Å²) < 4.78 is 0. The Morgan fingerprint density at radius 1 is 1.32 bits per heavy atom. The van der Waals surface area contributed by atoms with Gasteiger partial charge < -0.3 is 16.0 Å². The molecular formula is C14H20ClN3O. The third kappa shape index (κ3) is 3.85. The Morgan fingerprint density at radius 3 is 2.74 bits per heavy atom. The summed E-state index contributed by atoms with van der Waals surface area (Å²) in [6.07, 6.45) is 0.432. The van der Waals surface area contributed by atoms with E-state index in [0.29, 0.717) is 11.4 Å². The molecule has 1 aromatic rings. The van der Waals surface area contributed by atoms with Gasteiger partial charge in [-0.25, -0.2) is 0 Å². The molecule has 0 radical (unpaired) electrons. The number of fused-ring (bicyclic) bond motifs is 1. The lowest BCUT2D eigenvalue weighted by atomic mass is 10.1. The zero-order valence-electron chi connectivity index (χ0n) is 11.6. The first kappa shape index (κ1) is 14.2. The van der Waals surface area contributed by atoms with Crippen LogP contribution in [0.5, 0.6) is 0 Å². The second-order valence-corrected chi connectivity index (χ2v) is 6.22. The van der Waals surface area contributed by atoms with Crippen molar-refractivity contribution in [2.75, 3.05) is 23.7 Å². The first-order valence-electron chi connectivity index (χ1n) is 6.46. The largest absolute Gasteiger partial charge is 0.383 e. The molecule has 0 saturated carbocycles. The van der Waals surface area contributed by atoms with E-state index in [1.807, 2.05) is 6.07 Å². The second kappa shape index (κ2) is 5.39. The Bertz CT molecular complexity index is 494. The third-order valence-electron chi connectivity index (χ3n) is 2.91. The molecule has 0 unspecified atom stereocenters. The van der Waals surface area contributed by atoms with Crippen molar-refractivity contribution in [1.29, 1.82) is 0 Å². The maximum absolute atomic E-state index is 11.3. The molecule has 0 fully saturated rings. The van der Waals surface area contributed by atoms with Gasteiger partial charge in [0.15, 0.2) is 0 Å². The molecule has 1 aromatic carbocycles. The van der Waals surface area contributed by atoms with Gasteiger partial charge in [-0.3, -0.25) is 4.79 Å². The van der Waals surface area contributed by atoms with Gasteiger partial charge in [-0.15, -0.1) is 0 Å². The maximum Gasteiger partial charge on any atom is 0.228 e. The second-order valence-electron chi connectivity index (χ2n) is 5.82. The highest BCUT2D eigenvalue weighted by molar-refractivity contribution is 6.33. The molecule has 0 spiro atoms. The van der Waals surface area contributed by atoms with Crippen molar-refractivity contribution in [3.8, 4) is 0 Å². The van der Waals surface area contributed by atoms with Crippen LogP contribution >= 0.6 is 11.6 Å². The minimum Gasteiger partial charge on any atom is -0.383 e. The number of nitrogens with one attached hydrogen (secondary N) is 3. The number of hydrogen-bond acceptors (Lipinski definition) is 3. The standard InChI is InChI=1S/C14H20ClN3O/c1-14(2,3)17-5-4-16-12-6-9-7-13(19)18-11(9)8-10(12)15/h6,8,16-17H,4-5,7H2,1-3H3,(H,18,19). The van der Waals surface area contributed by atoms with Crippen LogP contribution in [-0.4, -0.2) is 24.5 Å². The minimum atomic E-state index is 0.0256. The fourth-order valence-corrected chi connectivity index (χ4v) is 2.25. The van der Waals surface area contributed by atoms with Gasteiger partial charge in [0.2, 0.25) is 5.91 Å². The molecule has 0 atom stereocenters. The first-order chi connectivity index (χ1) is 8.85. The molecule has 0 bridgehead atoms. The van der Waals surface area contributed by atoms with E-state index in [2.05, 4.69) is 36.7 Å². The zero-order valence-corrected chi connectivity index (χ0v) is 12.3. The van der Waals surface area contributed by atoms with Gasteiger partial charge >= 0.3 is 0 Å². The van der Waals surface area contributed by atoms with Gasteiger partial charge in [-0.1, -0.05) is 11.6 Å². The Labute approximate surface area is 118 Å². The van der Waals surface area contributed by atoms with E-state index in [-0.39, 0.29) is 11.4 Å². The van der Waals surface area contributed by atoms with Crippen molar-refractivity contribution in [3.05, 3.63) is 22.7 Å². The lowest BCUT2D eigenvalue weighted by Gasteiger charge is -2.21. The average Bonchev–Trinajstić information content (AvgIpc) is 2.62. The van der Waals surface area contributed by atoms with Crippen molar-refractivity contribution in [2.24, 2.45) is 0 Å². The molecule has 2 rings (SSSR count). The average molecular weight is 282 g/mol. The van der Waals surface area contributed by atoms with Gasteiger partial charge in [-0.2, -0.15) is 0 Å². The maximum atomic E-state index is 11.3. The molecule has 0 aromatic heterocycles. The van der Waals surface area contributed by atoms with Crippen LogP contribution in [0.15, 0.2) is 12.1 Å². The van der Waals surface area contributed by atoms with Gasteiger partial charge in [-0.05, 0) is 38.5 Å². The van der Waals surface area contributed by atoms with Crippen LogP contribution in [0.4, 0.5) is 11.4 Å². The summed E-state index contributed by atoms with van der Waals surface area (Å²) in [6, 6.07) is 3.76. The quantitative estimate of drug-likeness (QED) is 0.744. The van der Waals surface area contributed by atoms with E-state index >= 15 is 0 Å². The minimum absolute atomic E-state index is 0.0256. The summed E-state index contributed by atoms with van der Waals surface area (Å²) in [4.78, 5) is 11.3. The molecule has 3 N–H and O–H groups in total. The smallest absolute Gasteiger partial charge is 0.228 e. The molecular weight excluding hydrogens is 262 g/mol. The van der Waals surface area contributed by atoms with Crippen LogP contribution in [0.25, 0.3) is 0 Å². The van der Waals surface area contributed by atoms with Crippen molar-refractivity contribution >= 4 is 28.9 Å². The summed E-state index contributed by atoms with van der Waals surface area (Å²) in [5.41, 5.74) is 2.82. The number of carbonyl (C=O) groups excluding carboxylic acids is 1. The molecule has 19 heavy (non-hydrogen) atoms. The van der Waals surface area contributed by atoms with Crippen molar-refractivity contribution in [1.82, 2.24) is 5.32 Å². The van der Waals surface area contributed by atoms with Crippen LogP contribution in [0.1, 0.15) is 26.3 Å². The Morgan fingerprint density at radius 2 is 2.05 bits per heavy atom. The lowest BCUT2D eigenvalue weighted by Crippen LogP contribution is -2.38. The lowest BCUT2D eigenvalue weighted by molar-refractivity contribution is -0.115. The highest BCUT2D eigenvalue weighted by atomic mass is 35.5. The molecule has 104 valence electrons. The summed E-state index contributed by atoms with van der Waals surface area (Å²) in [5.74, 6) is 0.0256. The molecule has 0 saturated heterocycles. The topological polar surface area (TPSA) is 53.2 Å². The fraction of sp³-hybridized carbons (Fsp3) is 0.500. The summed E-state index contributed by atoms with van der Waals surface area (Å²) >= 11 is 6.19. The summed E-state index contributed by atoms with van der Waals surface area (Å²) in [5, 5.41) is 10.1. The SMILES string of the molecule is CC(C)(C)NCCNc1cc2c(cc1Cl)NC(=O)C2. The molecule has 5 heteroatoms. The van der Waals surface area contributed by atoms with Gasteiger partial charge in [0, 0.05) is 24.3 Å². The highest BCUT2D eigenvalue weighted by Crippen LogP contribution is 2.32. The molecule has 1 heterocycles. The van der Waals surface area contributed by atoms with Gasteiger partial charge in [0.05, 0.1) is 17.1 Å². The zero-order chi connectivity index (χ0) is 14.0. The van der Waals surface area contributed by atoms with E-state index in [4.69, 9.17) is 11.6 Å². The molecule has 1 amide bonds. The fourth-order valence-electron chi connectivity index (χ4n) is 2.02. The van der Waals surface area contributed by atoms with Gasteiger partial charge in [0.1, 0.15) is 0 Å². The van der Waals surface area contributed by atoms with Crippen LogP contribution in [0, 0.1) is 0 Å². The first-order valence-corrected chi connectivity index (χ1v) is 6.84. The van der Waals surface area contributed by atoms with Crippen molar-refractivity contribution < 1.29 is 4.79 Å². The van der Waals surface area contributed by atoms with E-state index in [9.17, 15) is 4.79 Å². The van der Waals surface area contributed by atoms with Crippen molar-refractivity contribution in [3.63, 3.8) is 0 Å². The number of halogens is 1. The number of amides is 1. The number of carbonyl (C=O) groups is 1. The third-order valence-corrected chi connectivity index (χ3v) is 3.23. The Balaban J connectivity index is 1.95. The van der Waals surface area contributed by atoms with E-state index < -0.39 is 0 Å². The predicted molar refractivity (Wildman–Crippen MR) is 80.0 cm³/mol. The Kier molecular flexibility index (Phi) is 4.02. The van der Waals surface area contributed by atoms with Crippen LogP contribution < -0.4 is 16.0 Å². The summed E-state index contributed by atoms with van der Waals surface area (Å²) in [6.45, 7) is 8.04. The molecule has 1 aliphatic rings. The highest BCUT2D eigenvalue weighted by Gasteiger charge is 2.19. The monoisotopic (exact) mass is 281 g/mol. The number of anilines is 2. The number of benzene rings is 1. The molecule has 4 nitrogen and oxygen atoms in total. The predicted octanol–water partition coefficient (Wildman–Crippen LogP) is 2.63. The van der Waals surface area contributed by atoms with E-state index in [1.165, 1.54) is 0 Å².